The number of halogens is 1. The molecule has 1 aliphatic rings. The van der Waals surface area contributed by atoms with Crippen molar-refractivity contribution in [2.24, 2.45) is 0 Å². The standard InChI is InChI=1S/C21H30FN3O4/c1-21(2,3)29-20(28)23-10-7-19(27)25-11-8-17(9-12-25)24-18(26)14-15-5-4-6-16(22)13-15/h4-6,13,17H,7-12,14H2,1-3H3,(H,23,28)(H,24,26). The molecule has 0 saturated carbocycles. The van der Waals surface area contributed by atoms with Crippen LogP contribution >= 0.6 is 0 Å². The van der Waals surface area contributed by atoms with E-state index in [1.54, 1.807) is 37.8 Å². The highest BCUT2D eigenvalue weighted by molar-refractivity contribution is 5.79. The smallest absolute Gasteiger partial charge is 0.407 e. The Hall–Kier alpha value is -2.64. The van der Waals surface area contributed by atoms with E-state index >= 15 is 0 Å². The fraction of sp³-hybridized carbons (Fsp3) is 0.571. The van der Waals surface area contributed by atoms with Gasteiger partial charge >= 0.3 is 6.09 Å². The largest absolute Gasteiger partial charge is 0.444 e. The normalized spacial score (nSPS) is 15.0. The summed E-state index contributed by atoms with van der Waals surface area (Å²) in [6, 6.07) is 6.00. The lowest BCUT2D eigenvalue weighted by atomic mass is 10.0. The zero-order chi connectivity index (χ0) is 21.4. The van der Waals surface area contributed by atoms with Crippen LogP contribution in [0.3, 0.4) is 0 Å². The summed E-state index contributed by atoms with van der Waals surface area (Å²) in [5.74, 6) is -0.546. The van der Waals surface area contributed by atoms with Gasteiger partial charge in [0.25, 0.3) is 0 Å². The first-order valence-corrected chi connectivity index (χ1v) is 9.91. The molecule has 0 atom stereocenters. The zero-order valence-electron chi connectivity index (χ0n) is 17.3. The SMILES string of the molecule is CC(C)(C)OC(=O)NCCC(=O)N1CCC(NC(=O)Cc2cccc(F)c2)CC1. The van der Waals surface area contributed by atoms with Crippen molar-refractivity contribution < 1.29 is 23.5 Å². The molecule has 0 unspecified atom stereocenters. The minimum absolute atomic E-state index is 0.00000225. The van der Waals surface area contributed by atoms with Crippen LogP contribution < -0.4 is 10.6 Å². The average Bonchev–Trinajstić information content (AvgIpc) is 2.60. The van der Waals surface area contributed by atoms with Gasteiger partial charge in [0.15, 0.2) is 0 Å². The first kappa shape index (κ1) is 22.6. The lowest BCUT2D eigenvalue weighted by Crippen LogP contribution is -2.47. The maximum Gasteiger partial charge on any atom is 0.407 e. The topological polar surface area (TPSA) is 87.7 Å². The molecule has 1 heterocycles. The van der Waals surface area contributed by atoms with Crippen LogP contribution in [-0.4, -0.2) is 54.1 Å². The highest BCUT2D eigenvalue weighted by Crippen LogP contribution is 2.12. The number of amides is 3. The molecular weight excluding hydrogens is 377 g/mol. The van der Waals surface area contributed by atoms with Crippen LogP contribution in [0.25, 0.3) is 0 Å². The number of piperidine rings is 1. The second-order valence-electron chi connectivity index (χ2n) is 8.21. The number of hydrogen-bond donors (Lipinski definition) is 2. The summed E-state index contributed by atoms with van der Waals surface area (Å²) in [7, 11) is 0. The highest BCUT2D eigenvalue weighted by atomic mass is 19.1. The number of ether oxygens (including phenoxy) is 1. The number of carbonyl (C=O) groups is 3. The van der Waals surface area contributed by atoms with E-state index in [1.165, 1.54) is 12.1 Å². The number of hydrogen-bond acceptors (Lipinski definition) is 4. The number of rotatable bonds is 6. The van der Waals surface area contributed by atoms with E-state index in [0.29, 0.717) is 31.5 Å². The maximum absolute atomic E-state index is 13.2. The molecule has 160 valence electrons. The fourth-order valence-electron chi connectivity index (χ4n) is 3.13. The molecule has 29 heavy (non-hydrogen) atoms. The van der Waals surface area contributed by atoms with Gasteiger partial charge in [-0.15, -0.1) is 0 Å². The van der Waals surface area contributed by atoms with Crippen molar-refractivity contribution in [3.05, 3.63) is 35.6 Å². The number of nitrogens with one attached hydrogen (secondary N) is 2. The molecule has 3 amide bonds. The van der Waals surface area contributed by atoms with Crippen LogP contribution in [0.5, 0.6) is 0 Å². The van der Waals surface area contributed by atoms with Gasteiger partial charge in [-0.25, -0.2) is 9.18 Å². The van der Waals surface area contributed by atoms with E-state index in [2.05, 4.69) is 10.6 Å². The summed E-state index contributed by atoms with van der Waals surface area (Å²) in [6.07, 6.45) is 1.13. The van der Waals surface area contributed by atoms with E-state index in [9.17, 15) is 18.8 Å². The van der Waals surface area contributed by atoms with Crippen LogP contribution in [0.4, 0.5) is 9.18 Å². The third kappa shape index (κ3) is 8.50. The minimum atomic E-state index is -0.574. The van der Waals surface area contributed by atoms with E-state index in [0.717, 1.165) is 0 Å². The van der Waals surface area contributed by atoms with Gasteiger partial charge in [-0.05, 0) is 51.3 Å². The Kier molecular flexibility index (Phi) is 7.99. The van der Waals surface area contributed by atoms with Crippen LogP contribution in [0.1, 0.15) is 45.6 Å². The van der Waals surface area contributed by atoms with Crippen molar-refractivity contribution in [1.82, 2.24) is 15.5 Å². The molecule has 0 bridgehead atoms. The summed E-state index contributed by atoms with van der Waals surface area (Å²) in [5.41, 5.74) is 0.0577. The van der Waals surface area contributed by atoms with Crippen LogP contribution in [0, 0.1) is 5.82 Å². The molecule has 1 aromatic rings. The molecule has 7 nitrogen and oxygen atoms in total. The molecule has 0 aromatic heterocycles. The molecule has 0 radical (unpaired) electrons. The van der Waals surface area contributed by atoms with Gasteiger partial charge < -0.3 is 20.3 Å². The molecule has 1 aliphatic heterocycles. The Morgan fingerprint density at radius 1 is 1.21 bits per heavy atom. The number of nitrogens with zero attached hydrogens (tertiary/aromatic N) is 1. The summed E-state index contributed by atoms with van der Waals surface area (Å²) in [6.45, 7) is 6.65. The van der Waals surface area contributed by atoms with E-state index < -0.39 is 11.7 Å². The number of alkyl carbamates (subject to hydrolysis) is 1. The molecule has 2 N–H and O–H groups in total. The van der Waals surface area contributed by atoms with E-state index in [-0.39, 0.29) is 43.1 Å². The van der Waals surface area contributed by atoms with Crippen molar-refractivity contribution in [3.63, 3.8) is 0 Å². The Balaban J connectivity index is 1.65. The third-order valence-electron chi connectivity index (χ3n) is 4.47. The van der Waals surface area contributed by atoms with Gasteiger partial charge in [-0.1, -0.05) is 12.1 Å². The van der Waals surface area contributed by atoms with Crippen molar-refractivity contribution in [1.29, 1.82) is 0 Å². The lowest BCUT2D eigenvalue weighted by Gasteiger charge is -2.32. The number of carbonyl (C=O) groups excluding carboxylic acids is 3. The quantitative estimate of drug-likeness (QED) is 0.758. The van der Waals surface area contributed by atoms with Crippen molar-refractivity contribution in [2.45, 2.75) is 58.1 Å². The van der Waals surface area contributed by atoms with Gasteiger partial charge in [0, 0.05) is 32.1 Å². The monoisotopic (exact) mass is 407 g/mol. The summed E-state index contributed by atoms with van der Waals surface area (Å²) < 4.78 is 18.3. The van der Waals surface area contributed by atoms with Gasteiger partial charge in [-0.3, -0.25) is 9.59 Å². The molecule has 2 rings (SSSR count). The minimum Gasteiger partial charge on any atom is -0.444 e. The predicted octanol–water partition coefficient (Wildman–Crippen LogP) is 2.39. The summed E-state index contributed by atoms with van der Waals surface area (Å²) in [4.78, 5) is 37.8. The Morgan fingerprint density at radius 2 is 1.90 bits per heavy atom. The number of benzene rings is 1. The average molecular weight is 407 g/mol. The van der Waals surface area contributed by atoms with Crippen LogP contribution in [0.15, 0.2) is 24.3 Å². The molecule has 1 fully saturated rings. The second-order valence-corrected chi connectivity index (χ2v) is 8.21. The first-order chi connectivity index (χ1) is 13.6. The molecule has 8 heteroatoms. The first-order valence-electron chi connectivity index (χ1n) is 9.91. The Morgan fingerprint density at radius 3 is 2.52 bits per heavy atom. The van der Waals surface area contributed by atoms with Gasteiger partial charge in [0.1, 0.15) is 11.4 Å². The predicted molar refractivity (Wildman–Crippen MR) is 107 cm³/mol. The van der Waals surface area contributed by atoms with Crippen molar-refractivity contribution >= 4 is 17.9 Å². The summed E-state index contributed by atoms with van der Waals surface area (Å²) in [5, 5.41) is 5.53. The second kappa shape index (κ2) is 10.2. The van der Waals surface area contributed by atoms with Crippen LogP contribution in [-0.2, 0) is 20.7 Å². The molecule has 0 spiro atoms. The lowest BCUT2D eigenvalue weighted by molar-refractivity contribution is -0.132. The van der Waals surface area contributed by atoms with Crippen LogP contribution in [0.2, 0.25) is 0 Å². The van der Waals surface area contributed by atoms with Crippen molar-refractivity contribution in [2.75, 3.05) is 19.6 Å². The Bertz CT molecular complexity index is 725. The molecular formula is C21H30FN3O4. The third-order valence-corrected chi connectivity index (χ3v) is 4.47. The summed E-state index contributed by atoms with van der Waals surface area (Å²) >= 11 is 0. The molecule has 0 aliphatic carbocycles. The number of likely N-dealkylation sites (tertiary alicyclic amines) is 1. The highest BCUT2D eigenvalue weighted by Gasteiger charge is 2.24. The fourth-order valence-corrected chi connectivity index (χ4v) is 3.13. The van der Waals surface area contributed by atoms with Gasteiger partial charge in [0.2, 0.25) is 11.8 Å². The zero-order valence-corrected chi connectivity index (χ0v) is 17.3. The van der Waals surface area contributed by atoms with E-state index in [4.69, 9.17) is 4.74 Å². The van der Waals surface area contributed by atoms with Crippen molar-refractivity contribution in [3.8, 4) is 0 Å². The van der Waals surface area contributed by atoms with Gasteiger partial charge in [0.05, 0.1) is 6.42 Å². The van der Waals surface area contributed by atoms with E-state index in [1.807, 2.05) is 0 Å². The van der Waals surface area contributed by atoms with Gasteiger partial charge in [-0.2, -0.15) is 0 Å². The molecule has 1 aromatic carbocycles. The maximum atomic E-state index is 13.2. The Labute approximate surface area is 171 Å². The molecule has 1 saturated heterocycles.